The Labute approximate surface area is 201 Å². The zero-order chi connectivity index (χ0) is 24.2. The topological polar surface area (TPSA) is 89.1 Å². The Morgan fingerprint density at radius 1 is 0.686 bits per heavy atom. The third-order valence-electron chi connectivity index (χ3n) is 5.50. The van der Waals surface area contributed by atoms with Crippen LogP contribution in [-0.4, -0.2) is 10.2 Å². The lowest BCUT2D eigenvalue weighted by Crippen LogP contribution is -2.02. The van der Waals surface area contributed by atoms with Crippen LogP contribution in [0.15, 0.2) is 106 Å². The van der Waals surface area contributed by atoms with Crippen LogP contribution < -0.4 is 14.9 Å². The molecule has 5 aromatic rings. The van der Waals surface area contributed by atoms with E-state index in [0.717, 1.165) is 17.2 Å². The number of hydrogen-bond acceptors (Lipinski definition) is 6. The average Bonchev–Trinajstić information content (AvgIpc) is 2.87. The van der Waals surface area contributed by atoms with Crippen molar-refractivity contribution in [2.24, 2.45) is 0 Å². The molecule has 0 amide bonds. The van der Waals surface area contributed by atoms with Gasteiger partial charge < -0.3 is 24.1 Å². The van der Waals surface area contributed by atoms with Crippen molar-refractivity contribution in [3.05, 3.63) is 118 Å². The standard InChI is InChI=1S/C29H22O6/c30-22-14-23(31)29-24(32)16-26(35-28(29)15-22)21-11-12-25(33-17-19-7-3-1-4-8-19)27(13-21)34-18-20-9-5-2-6-10-20/h1-16,30-31H,17-18H2. The van der Waals surface area contributed by atoms with Crippen molar-refractivity contribution in [3.8, 4) is 34.3 Å². The van der Waals surface area contributed by atoms with E-state index in [1.165, 1.54) is 12.1 Å². The van der Waals surface area contributed by atoms with E-state index in [1.807, 2.05) is 60.7 Å². The van der Waals surface area contributed by atoms with Crippen LogP contribution in [-0.2, 0) is 13.2 Å². The zero-order valence-electron chi connectivity index (χ0n) is 18.7. The number of hydrogen-bond donors (Lipinski definition) is 2. The van der Waals surface area contributed by atoms with Gasteiger partial charge in [-0.2, -0.15) is 0 Å². The average molecular weight is 466 g/mol. The highest BCUT2D eigenvalue weighted by molar-refractivity contribution is 5.86. The van der Waals surface area contributed by atoms with E-state index >= 15 is 0 Å². The molecule has 1 heterocycles. The summed E-state index contributed by atoms with van der Waals surface area (Å²) in [6.07, 6.45) is 0. The molecule has 0 spiro atoms. The number of rotatable bonds is 7. The fraction of sp³-hybridized carbons (Fsp3) is 0.0690. The summed E-state index contributed by atoms with van der Waals surface area (Å²) in [4.78, 5) is 12.7. The maximum atomic E-state index is 12.7. The molecule has 1 aromatic heterocycles. The number of aromatic hydroxyl groups is 2. The fourth-order valence-electron chi connectivity index (χ4n) is 3.76. The predicted octanol–water partition coefficient (Wildman–Crippen LogP) is 6.03. The maximum Gasteiger partial charge on any atom is 0.197 e. The second kappa shape index (κ2) is 9.65. The molecule has 35 heavy (non-hydrogen) atoms. The van der Waals surface area contributed by atoms with Crippen molar-refractivity contribution in [3.63, 3.8) is 0 Å². The molecule has 0 aliphatic rings. The Kier molecular flexibility index (Phi) is 6.09. The van der Waals surface area contributed by atoms with E-state index in [2.05, 4.69) is 0 Å². The largest absolute Gasteiger partial charge is 0.508 e. The lowest BCUT2D eigenvalue weighted by atomic mass is 10.1. The van der Waals surface area contributed by atoms with Crippen LogP contribution in [0.4, 0.5) is 0 Å². The van der Waals surface area contributed by atoms with E-state index in [9.17, 15) is 15.0 Å². The van der Waals surface area contributed by atoms with Crippen molar-refractivity contribution in [1.82, 2.24) is 0 Å². The maximum absolute atomic E-state index is 12.7. The summed E-state index contributed by atoms with van der Waals surface area (Å²) in [5.74, 6) is 0.770. The molecule has 0 aliphatic heterocycles. The smallest absolute Gasteiger partial charge is 0.197 e. The molecule has 0 saturated carbocycles. The van der Waals surface area contributed by atoms with Crippen molar-refractivity contribution in [1.29, 1.82) is 0 Å². The first-order valence-corrected chi connectivity index (χ1v) is 11.0. The Morgan fingerprint density at radius 3 is 1.97 bits per heavy atom. The van der Waals surface area contributed by atoms with Gasteiger partial charge in [-0.15, -0.1) is 0 Å². The summed E-state index contributed by atoms with van der Waals surface area (Å²) in [6.45, 7) is 0.695. The molecule has 0 saturated heterocycles. The van der Waals surface area contributed by atoms with Crippen molar-refractivity contribution in [2.45, 2.75) is 13.2 Å². The Morgan fingerprint density at radius 2 is 1.31 bits per heavy atom. The second-order valence-electron chi connectivity index (χ2n) is 8.02. The summed E-state index contributed by atoms with van der Waals surface area (Å²) < 4.78 is 18.0. The van der Waals surface area contributed by atoms with Gasteiger partial charge in [-0.1, -0.05) is 60.7 Å². The van der Waals surface area contributed by atoms with Crippen LogP contribution in [0.5, 0.6) is 23.0 Å². The van der Waals surface area contributed by atoms with Crippen molar-refractivity contribution in [2.75, 3.05) is 0 Å². The SMILES string of the molecule is O=c1cc(-c2ccc(OCc3ccccc3)c(OCc3ccccc3)c2)oc2cc(O)cc(O)c12. The van der Waals surface area contributed by atoms with Gasteiger partial charge >= 0.3 is 0 Å². The molecule has 0 radical (unpaired) electrons. The van der Waals surface area contributed by atoms with Gasteiger partial charge in [0.2, 0.25) is 0 Å². The summed E-state index contributed by atoms with van der Waals surface area (Å²) in [5, 5.41) is 19.9. The second-order valence-corrected chi connectivity index (χ2v) is 8.02. The number of benzene rings is 4. The minimum Gasteiger partial charge on any atom is -0.508 e. The minimum atomic E-state index is -0.421. The number of fused-ring (bicyclic) bond motifs is 1. The first kappa shape index (κ1) is 22.1. The Bertz CT molecular complexity index is 1520. The van der Waals surface area contributed by atoms with Crippen molar-refractivity contribution < 1.29 is 24.1 Å². The minimum absolute atomic E-state index is 0.00918. The van der Waals surface area contributed by atoms with Crippen molar-refractivity contribution >= 4 is 11.0 Å². The number of phenolic OH excluding ortho intramolecular Hbond substituents is 2. The van der Waals surface area contributed by atoms with E-state index in [0.29, 0.717) is 30.3 Å². The summed E-state index contributed by atoms with van der Waals surface area (Å²) >= 11 is 0. The molecule has 0 atom stereocenters. The van der Waals surface area contributed by atoms with Crippen LogP contribution in [0.25, 0.3) is 22.3 Å². The Balaban J connectivity index is 1.51. The van der Waals surface area contributed by atoms with Gasteiger partial charge in [0.25, 0.3) is 0 Å². The molecule has 174 valence electrons. The molecule has 6 heteroatoms. The van der Waals surface area contributed by atoms with Crippen LogP contribution >= 0.6 is 0 Å². The van der Waals surface area contributed by atoms with Crippen LogP contribution in [0.2, 0.25) is 0 Å². The third kappa shape index (κ3) is 4.96. The molecule has 6 nitrogen and oxygen atoms in total. The molecule has 5 rings (SSSR count). The molecule has 2 N–H and O–H groups in total. The summed E-state index contributed by atoms with van der Waals surface area (Å²) in [6, 6.07) is 28.6. The normalized spacial score (nSPS) is 10.9. The fourth-order valence-corrected chi connectivity index (χ4v) is 3.76. The molecule has 0 bridgehead atoms. The van der Waals surface area contributed by atoms with E-state index < -0.39 is 5.43 Å². The lowest BCUT2D eigenvalue weighted by molar-refractivity contribution is 0.256. The van der Waals surface area contributed by atoms with Crippen LogP contribution in [0.1, 0.15) is 11.1 Å². The highest BCUT2D eigenvalue weighted by Crippen LogP contribution is 2.36. The highest BCUT2D eigenvalue weighted by atomic mass is 16.5. The van der Waals surface area contributed by atoms with Gasteiger partial charge in [0, 0.05) is 23.8 Å². The molecular weight excluding hydrogens is 444 g/mol. The van der Waals surface area contributed by atoms with Gasteiger partial charge in [-0.05, 0) is 29.3 Å². The van der Waals surface area contributed by atoms with Gasteiger partial charge in [0.1, 0.15) is 41.4 Å². The van der Waals surface area contributed by atoms with Gasteiger partial charge in [0.15, 0.2) is 16.9 Å². The zero-order valence-corrected chi connectivity index (χ0v) is 18.7. The predicted molar refractivity (Wildman–Crippen MR) is 133 cm³/mol. The molecular formula is C29H22O6. The van der Waals surface area contributed by atoms with Crippen LogP contribution in [0.3, 0.4) is 0 Å². The molecule has 0 aliphatic carbocycles. The first-order valence-electron chi connectivity index (χ1n) is 11.0. The van der Waals surface area contributed by atoms with E-state index in [-0.39, 0.29) is 28.2 Å². The quantitative estimate of drug-likeness (QED) is 0.304. The number of phenols is 2. The van der Waals surface area contributed by atoms with Gasteiger partial charge in [0.05, 0.1) is 0 Å². The molecule has 4 aromatic carbocycles. The first-order chi connectivity index (χ1) is 17.1. The third-order valence-corrected chi connectivity index (χ3v) is 5.50. The molecule has 0 fully saturated rings. The van der Waals surface area contributed by atoms with Crippen LogP contribution in [0, 0.1) is 0 Å². The van der Waals surface area contributed by atoms with Gasteiger partial charge in [-0.3, -0.25) is 4.79 Å². The van der Waals surface area contributed by atoms with E-state index in [4.69, 9.17) is 13.9 Å². The Hall–Kier alpha value is -4.71. The molecule has 0 unspecified atom stereocenters. The summed E-state index contributed by atoms with van der Waals surface area (Å²) in [5.41, 5.74) is 2.26. The van der Waals surface area contributed by atoms with E-state index in [1.54, 1.807) is 18.2 Å². The van der Waals surface area contributed by atoms with Gasteiger partial charge in [-0.25, -0.2) is 0 Å². The lowest BCUT2D eigenvalue weighted by Gasteiger charge is -2.15. The number of ether oxygens (including phenoxy) is 2. The highest BCUT2D eigenvalue weighted by Gasteiger charge is 2.15. The summed E-state index contributed by atoms with van der Waals surface area (Å²) in [7, 11) is 0. The monoisotopic (exact) mass is 466 g/mol.